The summed E-state index contributed by atoms with van der Waals surface area (Å²) in [6.45, 7) is 0.642. The Balaban J connectivity index is 1.52. The topological polar surface area (TPSA) is 70.6 Å². The average Bonchev–Trinajstić information content (AvgIpc) is 3.13. The van der Waals surface area contributed by atoms with Gasteiger partial charge in [-0.2, -0.15) is 0 Å². The first kappa shape index (κ1) is 21.4. The molecule has 1 fully saturated rings. The van der Waals surface area contributed by atoms with E-state index < -0.39 is 6.04 Å². The number of carbonyl (C=O) groups excluding carboxylic acids is 2. The van der Waals surface area contributed by atoms with Crippen LogP contribution in [0, 0.1) is 5.82 Å². The summed E-state index contributed by atoms with van der Waals surface area (Å²) < 4.78 is 13.5. The quantitative estimate of drug-likeness (QED) is 0.460. The number of nitrogens with zero attached hydrogens (tertiary/aromatic N) is 1. The number of rotatable bonds is 3. The van der Waals surface area contributed by atoms with Crippen molar-refractivity contribution in [2.45, 2.75) is 35.1 Å². The van der Waals surface area contributed by atoms with Crippen molar-refractivity contribution in [3.63, 3.8) is 0 Å². The predicted molar refractivity (Wildman–Crippen MR) is 127 cm³/mol. The zero-order valence-corrected chi connectivity index (χ0v) is 18.6. The van der Waals surface area contributed by atoms with Crippen LogP contribution in [-0.4, -0.2) is 30.1 Å². The van der Waals surface area contributed by atoms with Crippen LogP contribution < -0.4 is 10.6 Å². The largest absolute Gasteiger partial charge is 0.354 e. The molecule has 0 radical (unpaired) electrons. The van der Waals surface area contributed by atoms with Gasteiger partial charge >= 0.3 is 0 Å². The Kier molecular flexibility index (Phi) is 5.96. The third kappa shape index (κ3) is 4.54. The molecule has 1 saturated heterocycles. The normalized spacial score (nSPS) is 17.5. The molecule has 3 aromatic carbocycles. The van der Waals surface area contributed by atoms with E-state index in [9.17, 15) is 14.0 Å². The highest BCUT2D eigenvalue weighted by molar-refractivity contribution is 7.99. The van der Waals surface area contributed by atoms with E-state index in [1.165, 1.54) is 12.1 Å². The van der Waals surface area contributed by atoms with Crippen molar-refractivity contribution in [2.75, 3.05) is 6.54 Å². The minimum Gasteiger partial charge on any atom is -0.354 e. The van der Waals surface area contributed by atoms with Gasteiger partial charge in [0.25, 0.3) is 5.91 Å². The number of amides is 2. The summed E-state index contributed by atoms with van der Waals surface area (Å²) >= 11 is 1.58. The molecule has 5 nitrogen and oxygen atoms in total. The number of fused-ring (bicyclic) bond motifs is 2. The molecule has 166 valence electrons. The summed E-state index contributed by atoms with van der Waals surface area (Å²) in [5.41, 5.74) is 3.57. The van der Waals surface area contributed by atoms with Gasteiger partial charge in [0.2, 0.25) is 5.91 Å². The lowest BCUT2D eigenvalue weighted by atomic mass is 10.0. The first-order valence-corrected chi connectivity index (χ1v) is 11.7. The van der Waals surface area contributed by atoms with Crippen molar-refractivity contribution in [2.24, 2.45) is 4.99 Å². The molecule has 2 amide bonds. The van der Waals surface area contributed by atoms with E-state index in [1.54, 1.807) is 36.0 Å². The fourth-order valence-electron chi connectivity index (χ4n) is 4.03. The maximum atomic E-state index is 13.5. The van der Waals surface area contributed by atoms with Gasteiger partial charge in [-0.15, -0.1) is 0 Å². The van der Waals surface area contributed by atoms with Crippen molar-refractivity contribution in [3.05, 3.63) is 89.2 Å². The molecular formula is C26H22FN3O2S. The summed E-state index contributed by atoms with van der Waals surface area (Å²) in [5.74, 6) is -0.749. The van der Waals surface area contributed by atoms with Gasteiger partial charge in [0.1, 0.15) is 11.9 Å². The van der Waals surface area contributed by atoms with Gasteiger partial charge in [0.05, 0.1) is 11.4 Å². The molecule has 2 heterocycles. The van der Waals surface area contributed by atoms with Crippen LogP contribution in [0.15, 0.2) is 81.5 Å². The highest BCUT2D eigenvalue weighted by atomic mass is 32.2. The van der Waals surface area contributed by atoms with E-state index in [0.29, 0.717) is 24.2 Å². The molecular weight excluding hydrogens is 437 g/mol. The summed E-state index contributed by atoms with van der Waals surface area (Å²) in [5, 5.41) is 5.71. The minimum absolute atomic E-state index is 0.141. The second kappa shape index (κ2) is 9.19. The lowest BCUT2D eigenvalue weighted by Crippen LogP contribution is -2.45. The Morgan fingerprint density at radius 2 is 1.85 bits per heavy atom. The molecule has 0 spiro atoms. The molecule has 5 rings (SSSR count). The van der Waals surface area contributed by atoms with Crippen LogP contribution in [0.25, 0.3) is 0 Å². The van der Waals surface area contributed by atoms with Crippen LogP contribution in [-0.2, 0) is 4.79 Å². The average molecular weight is 460 g/mol. The highest BCUT2D eigenvalue weighted by Gasteiger charge is 2.24. The van der Waals surface area contributed by atoms with Crippen LogP contribution in [0.3, 0.4) is 0 Å². The highest BCUT2D eigenvalue weighted by Crippen LogP contribution is 2.41. The lowest BCUT2D eigenvalue weighted by Gasteiger charge is -2.15. The summed E-state index contributed by atoms with van der Waals surface area (Å²) in [6.07, 6.45) is 2.42. The van der Waals surface area contributed by atoms with Gasteiger partial charge in [-0.1, -0.05) is 30.0 Å². The molecule has 0 saturated carbocycles. The minimum atomic E-state index is -0.532. The van der Waals surface area contributed by atoms with E-state index >= 15 is 0 Å². The third-order valence-corrected chi connectivity index (χ3v) is 6.91. The van der Waals surface area contributed by atoms with E-state index in [4.69, 9.17) is 4.99 Å². The van der Waals surface area contributed by atoms with E-state index in [1.807, 2.05) is 30.3 Å². The zero-order valence-electron chi connectivity index (χ0n) is 17.8. The van der Waals surface area contributed by atoms with Crippen molar-refractivity contribution in [3.8, 4) is 0 Å². The Bertz CT molecular complexity index is 1260. The number of nitrogens with one attached hydrogen (secondary N) is 2. The SMILES string of the molecule is O=C(NC1CCCCNC1=O)c1ccc2c(c1)N=C(c1ccc(F)cc1)c1ccccc1S2. The summed E-state index contributed by atoms with van der Waals surface area (Å²) in [7, 11) is 0. The summed E-state index contributed by atoms with van der Waals surface area (Å²) in [4.78, 5) is 32.1. The zero-order chi connectivity index (χ0) is 22.8. The van der Waals surface area contributed by atoms with E-state index in [-0.39, 0.29) is 17.6 Å². The van der Waals surface area contributed by atoms with Crippen LogP contribution >= 0.6 is 11.8 Å². The van der Waals surface area contributed by atoms with Crippen molar-refractivity contribution in [1.82, 2.24) is 10.6 Å². The first-order valence-electron chi connectivity index (χ1n) is 10.9. The van der Waals surface area contributed by atoms with Gasteiger partial charge in [-0.25, -0.2) is 9.38 Å². The second-order valence-electron chi connectivity index (χ2n) is 8.06. The molecule has 1 atom stereocenters. The van der Waals surface area contributed by atoms with Crippen LogP contribution in [0.2, 0.25) is 0 Å². The van der Waals surface area contributed by atoms with Gasteiger partial charge in [0, 0.05) is 33.0 Å². The van der Waals surface area contributed by atoms with Crippen LogP contribution in [0.1, 0.15) is 40.7 Å². The number of halogens is 1. The first-order chi connectivity index (χ1) is 16.1. The van der Waals surface area contributed by atoms with E-state index in [2.05, 4.69) is 10.6 Å². The van der Waals surface area contributed by atoms with Crippen LogP contribution in [0.5, 0.6) is 0 Å². The molecule has 33 heavy (non-hydrogen) atoms. The Morgan fingerprint density at radius 1 is 1.03 bits per heavy atom. The molecule has 7 heteroatoms. The molecule has 2 aliphatic heterocycles. The van der Waals surface area contributed by atoms with Crippen molar-refractivity contribution >= 4 is 35.0 Å². The molecule has 0 bridgehead atoms. The lowest BCUT2D eigenvalue weighted by molar-refractivity contribution is -0.122. The van der Waals surface area contributed by atoms with Crippen molar-refractivity contribution < 1.29 is 14.0 Å². The number of carbonyl (C=O) groups is 2. The van der Waals surface area contributed by atoms with Crippen LogP contribution in [0.4, 0.5) is 10.1 Å². The molecule has 0 aliphatic carbocycles. The predicted octanol–water partition coefficient (Wildman–Crippen LogP) is 4.86. The molecule has 1 unspecified atom stereocenters. The second-order valence-corrected chi connectivity index (χ2v) is 9.14. The van der Waals surface area contributed by atoms with Gasteiger partial charge in [0.15, 0.2) is 0 Å². The number of aliphatic imine (C=N–C) groups is 1. The fourth-order valence-corrected chi connectivity index (χ4v) is 5.03. The number of hydrogen-bond acceptors (Lipinski definition) is 4. The van der Waals surface area contributed by atoms with Gasteiger partial charge in [-0.05, 0) is 67.8 Å². The maximum Gasteiger partial charge on any atom is 0.252 e. The number of hydrogen-bond donors (Lipinski definition) is 2. The Hall–Kier alpha value is -3.45. The molecule has 2 N–H and O–H groups in total. The monoisotopic (exact) mass is 459 g/mol. The van der Waals surface area contributed by atoms with Gasteiger partial charge in [-0.3, -0.25) is 9.59 Å². The molecule has 3 aromatic rings. The Morgan fingerprint density at radius 3 is 2.70 bits per heavy atom. The standard InChI is InChI=1S/C26H22FN3O2S/c27-18-11-8-16(9-12-18)24-19-5-1-2-7-22(19)33-23-13-10-17(15-21(23)29-24)25(31)30-20-6-3-4-14-28-26(20)32/h1-2,5,7-13,15,20H,3-4,6,14H2,(H,28,32)(H,30,31). The van der Waals surface area contributed by atoms with Crippen molar-refractivity contribution in [1.29, 1.82) is 0 Å². The third-order valence-electron chi connectivity index (χ3n) is 5.77. The number of benzene rings is 3. The summed E-state index contributed by atoms with van der Waals surface area (Å²) in [6, 6.07) is 19.1. The molecule has 2 aliphatic rings. The maximum absolute atomic E-state index is 13.5. The Labute approximate surface area is 195 Å². The van der Waals surface area contributed by atoms with Gasteiger partial charge < -0.3 is 10.6 Å². The smallest absolute Gasteiger partial charge is 0.252 e. The fraction of sp³-hybridized carbons (Fsp3) is 0.192. The van der Waals surface area contributed by atoms with E-state index in [0.717, 1.165) is 39.5 Å². The molecule has 0 aromatic heterocycles.